The maximum absolute atomic E-state index is 12.1. The molecule has 1 N–H and O–H groups in total. The van der Waals surface area contributed by atoms with Crippen molar-refractivity contribution >= 4 is 10.1 Å². The monoisotopic (exact) mass is 442 g/mol. The van der Waals surface area contributed by atoms with E-state index in [2.05, 4.69) is 59.7 Å². The summed E-state index contributed by atoms with van der Waals surface area (Å²) < 4.78 is 33.9. The van der Waals surface area contributed by atoms with E-state index in [1.807, 2.05) is 13.0 Å². The Morgan fingerprint density at radius 1 is 0.903 bits per heavy atom. The SMILES string of the molecule is Cc1ccc(S(=O)(=O)O)c(C2CCCC2Cc2cc(C(C)(C)C)cc(C(C)(C)C)c2)c1. The molecule has 1 aliphatic rings. The molecule has 0 saturated heterocycles. The average Bonchev–Trinajstić information content (AvgIpc) is 3.06. The topological polar surface area (TPSA) is 54.4 Å². The second-order valence-corrected chi connectivity index (χ2v) is 12.8. The molecule has 0 amide bonds. The zero-order valence-corrected chi connectivity index (χ0v) is 20.9. The third-order valence-corrected chi connectivity index (χ3v) is 7.65. The van der Waals surface area contributed by atoms with Crippen LogP contribution in [0.1, 0.15) is 94.5 Å². The molecule has 1 aliphatic carbocycles. The van der Waals surface area contributed by atoms with Crippen molar-refractivity contribution < 1.29 is 13.0 Å². The van der Waals surface area contributed by atoms with E-state index >= 15 is 0 Å². The van der Waals surface area contributed by atoms with E-state index in [0.29, 0.717) is 5.92 Å². The molecule has 2 aromatic carbocycles. The molecule has 1 fully saturated rings. The lowest BCUT2D eigenvalue weighted by Crippen LogP contribution is -2.18. The van der Waals surface area contributed by atoms with Crippen LogP contribution >= 0.6 is 0 Å². The highest BCUT2D eigenvalue weighted by molar-refractivity contribution is 7.85. The second kappa shape index (κ2) is 8.37. The Balaban J connectivity index is 2.01. The molecule has 0 aromatic heterocycles. The van der Waals surface area contributed by atoms with Crippen LogP contribution in [-0.4, -0.2) is 13.0 Å². The predicted molar refractivity (Wildman–Crippen MR) is 129 cm³/mol. The maximum Gasteiger partial charge on any atom is 0.294 e. The van der Waals surface area contributed by atoms with Crippen molar-refractivity contribution in [3.8, 4) is 0 Å². The fourth-order valence-electron chi connectivity index (χ4n) is 4.86. The Labute approximate surface area is 189 Å². The van der Waals surface area contributed by atoms with Crippen LogP contribution in [0, 0.1) is 12.8 Å². The fourth-order valence-corrected chi connectivity index (χ4v) is 5.61. The summed E-state index contributed by atoms with van der Waals surface area (Å²) in [7, 11) is -4.24. The van der Waals surface area contributed by atoms with Crippen LogP contribution in [-0.2, 0) is 27.4 Å². The molecule has 0 aliphatic heterocycles. The molecular weight excluding hydrogens is 404 g/mol. The lowest BCUT2D eigenvalue weighted by atomic mass is 9.77. The summed E-state index contributed by atoms with van der Waals surface area (Å²) in [5.74, 6) is 0.513. The van der Waals surface area contributed by atoms with Crippen LogP contribution in [0.15, 0.2) is 41.3 Å². The summed E-state index contributed by atoms with van der Waals surface area (Å²) in [6, 6.07) is 12.3. The molecule has 170 valence electrons. The van der Waals surface area contributed by atoms with Gasteiger partial charge in [0.2, 0.25) is 0 Å². The van der Waals surface area contributed by atoms with Crippen molar-refractivity contribution in [2.45, 2.75) is 95.8 Å². The van der Waals surface area contributed by atoms with E-state index in [4.69, 9.17) is 0 Å². The normalized spacial score (nSPS) is 20.3. The van der Waals surface area contributed by atoms with Gasteiger partial charge in [-0.05, 0) is 77.2 Å². The average molecular weight is 443 g/mol. The summed E-state index contributed by atoms with van der Waals surface area (Å²) >= 11 is 0. The molecule has 2 atom stereocenters. The Morgan fingerprint density at radius 3 is 2.00 bits per heavy atom. The minimum absolute atomic E-state index is 0.0692. The molecule has 0 spiro atoms. The molecule has 0 radical (unpaired) electrons. The molecule has 0 bridgehead atoms. The van der Waals surface area contributed by atoms with Crippen molar-refractivity contribution in [2.75, 3.05) is 0 Å². The minimum Gasteiger partial charge on any atom is -0.282 e. The van der Waals surface area contributed by atoms with Crippen molar-refractivity contribution in [2.24, 2.45) is 5.92 Å². The number of aryl methyl sites for hydroxylation is 1. The van der Waals surface area contributed by atoms with Crippen LogP contribution < -0.4 is 0 Å². The quantitative estimate of drug-likeness (QED) is 0.521. The summed E-state index contributed by atoms with van der Waals surface area (Å²) in [4.78, 5) is 0.0776. The van der Waals surface area contributed by atoms with Crippen LogP contribution in [0.4, 0.5) is 0 Å². The number of rotatable bonds is 4. The Hall–Kier alpha value is -1.65. The zero-order valence-electron chi connectivity index (χ0n) is 20.1. The molecule has 2 aromatic rings. The van der Waals surface area contributed by atoms with E-state index in [1.165, 1.54) is 16.7 Å². The molecule has 3 nitrogen and oxygen atoms in total. The van der Waals surface area contributed by atoms with Gasteiger partial charge < -0.3 is 0 Å². The lowest BCUT2D eigenvalue weighted by molar-refractivity contribution is 0.461. The van der Waals surface area contributed by atoms with E-state index in [1.54, 1.807) is 12.1 Å². The summed E-state index contributed by atoms with van der Waals surface area (Å²) in [6.07, 6.45) is 4.05. The fraction of sp³-hybridized carbons (Fsp3) is 0.556. The summed E-state index contributed by atoms with van der Waals surface area (Å²) in [5, 5.41) is 0. The summed E-state index contributed by atoms with van der Waals surface area (Å²) in [5.41, 5.74) is 5.97. The van der Waals surface area contributed by atoms with E-state index < -0.39 is 10.1 Å². The summed E-state index contributed by atoms with van der Waals surface area (Å²) in [6.45, 7) is 15.5. The second-order valence-electron chi connectivity index (χ2n) is 11.4. The van der Waals surface area contributed by atoms with E-state index in [9.17, 15) is 13.0 Å². The largest absolute Gasteiger partial charge is 0.294 e. The van der Waals surface area contributed by atoms with Crippen LogP contribution in [0.5, 0.6) is 0 Å². The van der Waals surface area contributed by atoms with Crippen LogP contribution in [0.2, 0.25) is 0 Å². The van der Waals surface area contributed by atoms with Gasteiger partial charge in [-0.15, -0.1) is 0 Å². The minimum atomic E-state index is -4.24. The van der Waals surface area contributed by atoms with Gasteiger partial charge in [-0.3, -0.25) is 4.55 Å². The highest BCUT2D eigenvalue weighted by Crippen LogP contribution is 2.44. The first-order chi connectivity index (χ1) is 14.2. The first-order valence-electron chi connectivity index (χ1n) is 11.4. The molecule has 0 heterocycles. The van der Waals surface area contributed by atoms with E-state index in [0.717, 1.165) is 36.8 Å². The Kier molecular flexibility index (Phi) is 6.48. The third kappa shape index (κ3) is 5.59. The van der Waals surface area contributed by atoms with Gasteiger partial charge in [0.15, 0.2) is 0 Å². The number of hydrogen-bond acceptors (Lipinski definition) is 2. The number of benzene rings is 2. The maximum atomic E-state index is 12.1. The van der Waals surface area contributed by atoms with Crippen molar-refractivity contribution in [1.29, 1.82) is 0 Å². The van der Waals surface area contributed by atoms with Crippen LogP contribution in [0.3, 0.4) is 0 Å². The molecule has 4 heteroatoms. The van der Waals surface area contributed by atoms with Gasteiger partial charge in [0.1, 0.15) is 0 Å². The van der Waals surface area contributed by atoms with Crippen molar-refractivity contribution in [1.82, 2.24) is 0 Å². The van der Waals surface area contributed by atoms with Gasteiger partial charge in [-0.2, -0.15) is 8.42 Å². The van der Waals surface area contributed by atoms with Gasteiger partial charge in [0.25, 0.3) is 10.1 Å². The van der Waals surface area contributed by atoms with Crippen LogP contribution in [0.25, 0.3) is 0 Å². The Bertz CT molecular complexity index is 1020. The van der Waals surface area contributed by atoms with Gasteiger partial charge in [-0.25, -0.2) is 0 Å². The highest BCUT2D eigenvalue weighted by Gasteiger charge is 2.33. The van der Waals surface area contributed by atoms with E-state index in [-0.39, 0.29) is 21.6 Å². The third-order valence-electron chi connectivity index (χ3n) is 6.72. The van der Waals surface area contributed by atoms with Gasteiger partial charge in [0.05, 0.1) is 4.90 Å². The first kappa shape index (κ1) is 24.0. The van der Waals surface area contributed by atoms with Crippen molar-refractivity contribution in [3.63, 3.8) is 0 Å². The van der Waals surface area contributed by atoms with Gasteiger partial charge >= 0.3 is 0 Å². The Morgan fingerprint density at radius 2 is 1.48 bits per heavy atom. The standard InChI is InChI=1S/C27H38O3S/c1-18-11-12-25(31(28,29)30)24(13-18)23-10-8-9-20(23)14-19-15-21(26(2,3)4)17-22(16-19)27(5,6)7/h11-13,15-17,20,23H,8-10,14H2,1-7H3,(H,28,29,30). The predicted octanol–water partition coefficient (Wildman–Crippen LogP) is 6.96. The molecule has 31 heavy (non-hydrogen) atoms. The zero-order chi connectivity index (χ0) is 23.2. The lowest BCUT2D eigenvalue weighted by Gasteiger charge is -2.28. The highest BCUT2D eigenvalue weighted by atomic mass is 32.2. The number of hydrogen-bond donors (Lipinski definition) is 1. The van der Waals surface area contributed by atoms with Gasteiger partial charge in [0, 0.05) is 0 Å². The molecular formula is C27H38O3S. The molecule has 1 saturated carbocycles. The molecule has 2 unspecified atom stereocenters. The van der Waals surface area contributed by atoms with Crippen molar-refractivity contribution in [3.05, 3.63) is 64.2 Å². The van der Waals surface area contributed by atoms with Gasteiger partial charge in [-0.1, -0.05) is 83.9 Å². The first-order valence-corrected chi connectivity index (χ1v) is 12.8. The molecule has 3 rings (SSSR count). The smallest absolute Gasteiger partial charge is 0.282 e.